The Balaban J connectivity index is 1.69. The third-order valence-electron chi connectivity index (χ3n) is 4.33. The van der Waals surface area contributed by atoms with Gasteiger partial charge in [-0.15, -0.1) is 0 Å². The molecule has 2 nitrogen and oxygen atoms in total. The maximum Gasteiger partial charge on any atom is 0.0576 e. The Morgan fingerprint density at radius 2 is 2.28 bits per heavy atom. The van der Waals surface area contributed by atoms with Gasteiger partial charge in [-0.1, -0.05) is 28.1 Å². The molecular formula is C15H20BrNO. The molecule has 0 aliphatic carbocycles. The van der Waals surface area contributed by atoms with Crippen LogP contribution in [-0.4, -0.2) is 25.8 Å². The number of hydrogen-bond acceptors (Lipinski definition) is 2. The predicted molar refractivity (Wildman–Crippen MR) is 76.9 cm³/mol. The molecule has 1 N–H and O–H groups in total. The van der Waals surface area contributed by atoms with Gasteiger partial charge in [0.05, 0.1) is 6.10 Å². The average Bonchev–Trinajstić information content (AvgIpc) is 2.81. The summed E-state index contributed by atoms with van der Waals surface area (Å²) in [5.41, 5.74) is 1.81. The molecule has 2 aliphatic rings. The molecule has 2 aliphatic heterocycles. The number of halogens is 1. The molecule has 0 radical (unpaired) electrons. The van der Waals surface area contributed by atoms with E-state index in [1.165, 1.54) is 35.7 Å². The van der Waals surface area contributed by atoms with E-state index in [0.717, 1.165) is 19.7 Å². The average molecular weight is 310 g/mol. The van der Waals surface area contributed by atoms with Crippen LogP contribution in [0.5, 0.6) is 0 Å². The van der Waals surface area contributed by atoms with Crippen molar-refractivity contribution in [2.75, 3.05) is 19.7 Å². The first-order valence-electron chi connectivity index (χ1n) is 6.87. The van der Waals surface area contributed by atoms with Crippen molar-refractivity contribution in [3.8, 4) is 0 Å². The van der Waals surface area contributed by atoms with Crippen LogP contribution in [0.3, 0.4) is 0 Å². The first-order valence-corrected chi connectivity index (χ1v) is 7.66. The molecule has 0 saturated carbocycles. The highest BCUT2D eigenvalue weighted by Crippen LogP contribution is 2.36. The normalized spacial score (nSPS) is 25.9. The van der Waals surface area contributed by atoms with Crippen molar-refractivity contribution in [2.45, 2.75) is 37.2 Å². The summed E-state index contributed by atoms with van der Waals surface area (Å²) in [6.07, 6.45) is 5.44. The van der Waals surface area contributed by atoms with E-state index in [0.29, 0.717) is 11.5 Å². The molecule has 3 heteroatoms. The van der Waals surface area contributed by atoms with E-state index in [-0.39, 0.29) is 0 Å². The highest BCUT2D eigenvalue weighted by molar-refractivity contribution is 9.10. The van der Waals surface area contributed by atoms with Gasteiger partial charge in [-0.25, -0.2) is 0 Å². The third-order valence-corrected chi connectivity index (χ3v) is 4.83. The Morgan fingerprint density at radius 1 is 1.39 bits per heavy atom. The Hall–Kier alpha value is -0.380. The molecule has 18 heavy (non-hydrogen) atoms. The van der Waals surface area contributed by atoms with Crippen molar-refractivity contribution in [1.29, 1.82) is 0 Å². The lowest BCUT2D eigenvalue weighted by molar-refractivity contribution is 0.0899. The molecule has 2 heterocycles. The molecule has 1 aromatic carbocycles. The van der Waals surface area contributed by atoms with Crippen LogP contribution in [0.1, 0.15) is 31.2 Å². The molecule has 0 bridgehead atoms. The maximum atomic E-state index is 5.75. The lowest BCUT2D eigenvalue weighted by Gasteiger charge is -2.44. The quantitative estimate of drug-likeness (QED) is 0.922. The lowest BCUT2D eigenvalue weighted by atomic mass is 9.71. The van der Waals surface area contributed by atoms with E-state index in [2.05, 4.69) is 45.5 Å². The fourth-order valence-electron chi connectivity index (χ4n) is 3.08. The van der Waals surface area contributed by atoms with Crippen LogP contribution >= 0.6 is 15.9 Å². The molecule has 0 spiro atoms. The summed E-state index contributed by atoms with van der Waals surface area (Å²) in [7, 11) is 0. The first-order chi connectivity index (χ1) is 8.78. The second-order valence-electron chi connectivity index (χ2n) is 5.57. The smallest absolute Gasteiger partial charge is 0.0576 e. The molecule has 0 amide bonds. The Kier molecular flexibility index (Phi) is 3.73. The van der Waals surface area contributed by atoms with E-state index < -0.39 is 0 Å². The molecule has 2 saturated heterocycles. The fourth-order valence-corrected chi connectivity index (χ4v) is 3.48. The second-order valence-corrected chi connectivity index (χ2v) is 6.48. The standard InChI is InChI=1S/C15H20BrNO/c16-13-4-1-3-12(9-13)15(10-17-11-15)7-6-14-5-2-8-18-14/h1,3-4,9,14,17H,2,5-8,10-11H2. The zero-order valence-electron chi connectivity index (χ0n) is 10.6. The van der Waals surface area contributed by atoms with E-state index >= 15 is 0 Å². The summed E-state index contributed by atoms with van der Waals surface area (Å²) >= 11 is 3.58. The summed E-state index contributed by atoms with van der Waals surface area (Å²) in [5.74, 6) is 0. The first kappa shape index (κ1) is 12.6. The summed E-state index contributed by atoms with van der Waals surface area (Å²) in [6.45, 7) is 3.18. The van der Waals surface area contributed by atoms with Crippen molar-refractivity contribution in [3.63, 3.8) is 0 Å². The number of ether oxygens (including phenoxy) is 1. The molecule has 2 fully saturated rings. The van der Waals surface area contributed by atoms with Gasteiger partial charge in [0, 0.05) is 29.6 Å². The van der Waals surface area contributed by atoms with E-state index in [1.807, 2.05) is 0 Å². The monoisotopic (exact) mass is 309 g/mol. The Labute approximate surface area is 117 Å². The topological polar surface area (TPSA) is 21.3 Å². The van der Waals surface area contributed by atoms with E-state index in [4.69, 9.17) is 4.74 Å². The number of benzene rings is 1. The van der Waals surface area contributed by atoms with Crippen LogP contribution < -0.4 is 5.32 Å². The van der Waals surface area contributed by atoms with Crippen LogP contribution in [0.2, 0.25) is 0 Å². The van der Waals surface area contributed by atoms with E-state index in [9.17, 15) is 0 Å². The van der Waals surface area contributed by atoms with Crippen LogP contribution in [0.4, 0.5) is 0 Å². The molecule has 3 rings (SSSR count). The molecular weight excluding hydrogens is 290 g/mol. The second kappa shape index (κ2) is 5.32. The van der Waals surface area contributed by atoms with E-state index in [1.54, 1.807) is 0 Å². The van der Waals surface area contributed by atoms with Crippen LogP contribution in [0.25, 0.3) is 0 Å². The minimum atomic E-state index is 0.343. The van der Waals surface area contributed by atoms with Gasteiger partial charge in [0.1, 0.15) is 0 Å². The highest BCUT2D eigenvalue weighted by Gasteiger charge is 2.39. The minimum absolute atomic E-state index is 0.343. The number of hydrogen-bond donors (Lipinski definition) is 1. The molecule has 1 unspecified atom stereocenters. The van der Waals surface area contributed by atoms with Crippen molar-refractivity contribution in [1.82, 2.24) is 5.32 Å². The van der Waals surface area contributed by atoms with Gasteiger partial charge in [-0.2, -0.15) is 0 Å². The molecule has 98 valence electrons. The number of nitrogens with one attached hydrogen (secondary N) is 1. The Bertz CT molecular complexity index is 411. The van der Waals surface area contributed by atoms with Crippen LogP contribution in [0.15, 0.2) is 28.7 Å². The highest BCUT2D eigenvalue weighted by atomic mass is 79.9. The minimum Gasteiger partial charge on any atom is -0.378 e. The molecule has 1 aromatic rings. The largest absolute Gasteiger partial charge is 0.378 e. The fraction of sp³-hybridized carbons (Fsp3) is 0.600. The predicted octanol–water partition coefficient (Wildman–Crippen LogP) is 3.25. The van der Waals surface area contributed by atoms with Gasteiger partial charge >= 0.3 is 0 Å². The van der Waals surface area contributed by atoms with Crippen molar-refractivity contribution in [2.24, 2.45) is 0 Å². The zero-order valence-corrected chi connectivity index (χ0v) is 12.2. The van der Waals surface area contributed by atoms with Gasteiger partial charge in [0.2, 0.25) is 0 Å². The third kappa shape index (κ3) is 2.49. The van der Waals surface area contributed by atoms with Gasteiger partial charge < -0.3 is 10.1 Å². The van der Waals surface area contributed by atoms with Crippen molar-refractivity contribution < 1.29 is 4.74 Å². The summed E-state index contributed by atoms with van der Waals surface area (Å²) in [4.78, 5) is 0. The summed E-state index contributed by atoms with van der Waals surface area (Å²) in [5, 5.41) is 3.44. The van der Waals surface area contributed by atoms with Crippen LogP contribution in [-0.2, 0) is 10.2 Å². The maximum absolute atomic E-state index is 5.75. The summed E-state index contributed by atoms with van der Waals surface area (Å²) < 4.78 is 6.93. The van der Waals surface area contributed by atoms with Gasteiger partial charge in [0.25, 0.3) is 0 Å². The van der Waals surface area contributed by atoms with Crippen molar-refractivity contribution >= 4 is 15.9 Å². The summed E-state index contributed by atoms with van der Waals surface area (Å²) in [6, 6.07) is 8.78. The lowest BCUT2D eigenvalue weighted by Crippen LogP contribution is -2.57. The number of rotatable bonds is 4. The molecule has 0 aromatic heterocycles. The van der Waals surface area contributed by atoms with Gasteiger partial charge in [-0.05, 0) is 43.4 Å². The van der Waals surface area contributed by atoms with Gasteiger partial charge in [0.15, 0.2) is 0 Å². The van der Waals surface area contributed by atoms with Crippen LogP contribution in [0, 0.1) is 0 Å². The molecule has 1 atom stereocenters. The Morgan fingerprint density at radius 3 is 2.89 bits per heavy atom. The SMILES string of the molecule is Brc1cccc(C2(CCC3CCCO3)CNC2)c1. The van der Waals surface area contributed by atoms with Crippen molar-refractivity contribution in [3.05, 3.63) is 34.3 Å². The zero-order chi connectivity index (χ0) is 12.4. The van der Waals surface area contributed by atoms with Gasteiger partial charge in [-0.3, -0.25) is 0 Å².